The zero-order valence-electron chi connectivity index (χ0n) is 17.3. The van der Waals surface area contributed by atoms with Gasteiger partial charge in [-0.2, -0.15) is 4.80 Å². The Morgan fingerprint density at radius 2 is 1.94 bits per heavy atom. The predicted molar refractivity (Wildman–Crippen MR) is 114 cm³/mol. The highest BCUT2D eigenvalue weighted by Gasteiger charge is 2.22. The van der Waals surface area contributed by atoms with Crippen molar-refractivity contribution in [1.29, 1.82) is 0 Å². The van der Waals surface area contributed by atoms with E-state index in [4.69, 9.17) is 0 Å². The van der Waals surface area contributed by atoms with Gasteiger partial charge >= 0.3 is 0 Å². The molecule has 7 nitrogen and oxygen atoms in total. The van der Waals surface area contributed by atoms with Crippen LogP contribution in [-0.2, 0) is 7.05 Å². The molecule has 31 heavy (non-hydrogen) atoms. The minimum absolute atomic E-state index is 0.334. The van der Waals surface area contributed by atoms with Crippen LogP contribution < -0.4 is 10.2 Å². The van der Waals surface area contributed by atoms with Crippen LogP contribution >= 0.6 is 0 Å². The van der Waals surface area contributed by atoms with Gasteiger partial charge in [0.05, 0.1) is 12.6 Å². The number of rotatable bonds is 5. The monoisotopic (exact) mass is 424 g/mol. The smallest absolute Gasteiger partial charge is 0.266 e. The zero-order chi connectivity index (χ0) is 22.0. The number of benzene rings is 2. The van der Waals surface area contributed by atoms with Crippen LogP contribution in [0.25, 0.3) is 5.57 Å². The van der Waals surface area contributed by atoms with Gasteiger partial charge in [0.1, 0.15) is 0 Å². The highest BCUT2D eigenvalue weighted by atomic mass is 19.2. The number of carbonyl (C=O) groups is 1. The zero-order valence-corrected chi connectivity index (χ0v) is 17.3. The van der Waals surface area contributed by atoms with Gasteiger partial charge in [0.25, 0.3) is 11.9 Å². The number of anilines is 2. The first-order valence-electron chi connectivity index (χ1n) is 10.0. The normalized spacial score (nSPS) is 14.1. The molecule has 0 atom stereocenters. The first kappa shape index (κ1) is 20.6. The third kappa shape index (κ3) is 4.30. The van der Waals surface area contributed by atoms with E-state index in [1.807, 2.05) is 12.1 Å². The molecule has 160 valence electrons. The van der Waals surface area contributed by atoms with Gasteiger partial charge in [-0.05, 0) is 53.5 Å². The summed E-state index contributed by atoms with van der Waals surface area (Å²) in [5.74, 6) is -2.32. The van der Waals surface area contributed by atoms with Crippen LogP contribution in [0.1, 0.15) is 35.7 Å². The van der Waals surface area contributed by atoms with Crippen LogP contribution in [-0.4, -0.2) is 39.2 Å². The van der Waals surface area contributed by atoms with Gasteiger partial charge in [-0.25, -0.2) is 8.78 Å². The maximum absolute atomic E-state index is 13.9. The molecule has 0 unspecified atom stereocenters. The van der Waals surface area contributed by atoms with Gasteiger partial charge in [-0.1, -0.05) is 35.8 Å². The molecule has 2 heterocycles. The fraction of sp³-hybridized carbons (Fsp3) is 0.273. The van der Waals surface area contributed by atoms with E-state index in [1.54, 1.807) is 19.2 Å². The number of tetrazole rings is 1. The first-order chi connectivity index (χ1) is 15.0. The summed E-state index contributed by atoms with van der Waals surface area (Å²) in [6, 6.07) is 10.9. The van der Waals surface area contributed by atoms with Crippen molar-refractivity contribution in [2.45, 2.75) is 19.8 Å². The molecule has 1 aliphatic rings. The molecule has 0 aliphatic carbocycles. The van der Waals surface area contributed by atoms with Crippen molar-refractivity contribution in [2.75, 3.05) is 23.3 Å². The lowest BCUT2D eigenvalue weighted by Gasteiger charge is -2.30. The van der Waals surface area contributed by atoms with Crippen molar-refractivity contribution >= 4 is 23.1 Å². The summed E-state index contributed by atoms with van der Waals surface area (Å²) in [5.41, 5.74) is 3.74. The van der Waals surface area contributed by atoms with Crippen molar-refractivity contribution in [1.82, 2.24) is 20.2 Å². The van der Waals surface area contributed by atoms with Crippen LogP contribution in [0.2, 0.25) is 0 Å². The highest BCUT2D eigenvalue weighted by Crippen LogP contribution is 2.30. The van der Waals surface area contributed by atoms with Crippen LogP contribution in [0.4, 0.5) is 20.4 Å². The van der Waals surface area contributed by atoms with Crippen LogP contribution in [0.15, 0.2) is 48.0 Å². The van der Waals surface area contributed by atoms with E-state index in [-0.39, 0.29) is 5.56 Å². The van der Waals surface area contributed by atoms with Crippen molar-refractivity contribution in [3.05, 3.63) is 70.8 Å². The second-order valence-electron chi connectivity index (χ2n) is 7.32. The van der Waals surface area contributed by atoms with Crippen LogP contribution in [0.3, 0.4) is 0 Å². The summed E-state index contributed by atoms with van der Waals surface area (Å²) in [6.07, 6.45) is 1.84. The average Bonchev–Trinajstić information content (AvgIpc) is 3.22. The quantitative estimate of drug-likeness (QED) is 0.674. The molecule has 3 aromatic rings. The maximum Gasteiger partial charge on any atom is 0.266 e. The number of hydrogen-bond donors (Lipinski definition) is 1. The second kappa shape index (κ2) is 8.63. The van der Waals surface area contributed by atoms with Crippen molar-refractivity contribution < 1.29 is 13.6 Å². The van der Waals surface area contributed by atoms with Crippen LogP contribution in [0.5, 0.6) is 0 Å². The third-order valence-corrected chi connectivity index (χ3v) is 5.35. The lowest BCUT2D eigenvalue weighted by molar-refractivity contribution is 0.102. The largest absolute Gasteiger partial charge is 0.334 e. The first-order valence-corrected chi connectivity index (χ1v) is 10.0. The number of carbonyl (C=O) groups excluding carboxylic acids is 1. The van der Waals surface area contributed by atoms with Gasteiger partial charge in [-0.3, -0.25) is 4.79 Å². The number of amides is 1. The van der Waals surface area contributed by atoms with E-state index in [0.29, 0.717) is 18.2 Å². The van der Waals surface area contributed by atoms with Crippen molar-refractivity contribution in [3.63, 3.8) is 0 Å². The Hall–Kier alpha value is -3.62. The van der Waals surface area contributed by atoms with E-state index < -0.39 is 17.5 Å². The molecule has 1 amide bonds. The Labute approximate surface area is 178 Å². The highest BCUT2D eigenvalue weighted by molar-refractivity contribution is 6.04. The minimum Gasteiger partial charge on any atom is -0.334 e. The third-order valence-electron chi connectivity index (χ3n) is 5.35. The molecular formula is C22H22F2N6O. The van der Waals surface area contributed by atoms with Gasteiger partial charge < -0.3 is 10.2 Å². The van der Waals surface area contributed by atoms with E-state index in [0.717, 1.165) is 31.0 Å². The van der Waals surface area contributed by atoms with E-state index >= 15 is 0 Å². The molecule has 1 aromatic heterocycles. The summed E-state index contributed by atoms with van der Waals surface area (Å²) in [6.45, 7) is 3.62. The van der Waals surface area contributed by atoms with Crippen LogP contribution in [0, 0.1) is 11.6 Å². The lowest BCUT2D eigenvalue weighted by atomic mass is 9.92. The van der Waals surface area contributed by atoms with Gasteiger partial charge in [0, 0.05) is 18.8 Å². The molecule has 0 spiro atoms. The number of halogens is 2. The Kier molecular flexibility index (Phi) is 5.75. The molecule has 0 radical (unpaired) electrons. The summed E-state index contributed by atoms with van der Waals surface area (Å²) in [4.78, 5) is 15.8. The molecule has 2 aromatic carbocycles. The molecule has 9 heteroatoms. The summed E-state index contributed by atoms with van der Waals surface area (Å²) in [7, 11) is 1.73. The predicted octanol–water partition coefficient (Wildman–Crippen LogP) is 3.81. The number of nitrogens with zero attached hydrogens (tertiary/aromatic N) is 5. The summed E-state index contributed by atoms with van der Waals surface area (Å²) < 4.78 is 27.2. The number of nitrogens with one attached hydrogen (secondary N) is 1. The minimum atomic E-state index is -1.16. The fourth-order valence-electron chi connectivity index (χ4n) is 3.69. The van der Waals surface area contributed by atoms with Gasteiger partial charge in [-0.15, -0.1) is 5.10 Å². The molecule has 0 fully saturated rings. The standard InChI is InChI=1S/C22H22F2N6O/c1-3-14-11-12-30(22-26-28-29(2)27-22)13-18(14)15-7-9-16(10-8-15)25-21(31)17-5-4-6-19(23)20(17)24/h4-10H,3,11-13H2,1-2H3,(H,25,31). The number of aryl methyl sites for hydroxylation is 1. The molecule has 4 rings (SSSR count). The molecule has 0 saturated carbocycles. The molecular weight excluding hydrogens is 402 g/mol. The lowest BCUT2D eigenvalue weighted by Crippen LogP contribution is -2.32. The second-order valence-corrected chi connectivity index (χ2v) is 7.32. The molecule has 1 aliphatic heterocycles. The Bertz CT molecular complexity index is 1140. The van der Waals surface area contributed by atoms with Gasteiger partial charge in [0.15, 0.2) is 11.6 Å². The topological polar surface area (TPSA) is 75.9 Å². The average molecular weight is 424 g/mol. The fourth-order valence-corrected chi connectivity index (χ4v) is 3.69. The Morgan fingerprint density at radius 1 is 1.16 bits per heavy atom. The summed E-state index contributed by atoms with van der Waals surface area (Å²) >= 11 is 0. The SMILES string of the molecule is CCC1=C(c2ccc(NC(=O)c3cccc(F)c3F)cc2)CN(c2nnn(C)n2)CC1. The Morgan fingerprint density at radius 3 is 2.61 bits per heavy atom. The van der Waals surface area contributed by atoms with E-state index in [9.17, 15) is 13.6 Å². The van der Waals surface area contributed by atoms with E-state index in [1.165, 1.54) is 28.1 Å². The molecule has 1 N–H and O–H groups in total. The van der Waals surface area contributed by atoms with Crippen molar-refractivity contribution in [3.8, 4) is 0 Å². The molecule has 0 saturated heterocycles. The number of aromatic nitrogens is 4. The van der Waals surface area contributed by atoms with E-state index in [2.05, 4.69) is 32.6 Å². The van der Waals surface area contributed by atoms with Gasteiger partial charge in [0.2, 0.25) is 0 Å². The van der Waals surface area contributed by atoms with Crippen molar-refractivity contribution in [2.24, 2.45) is 7.05 Å². The molecule has 0 bridgehead atoms. The number of hydrogen-bond acceptors (Lipinski definition) is 5. The maximum atomic E-state index is 13.9. The summed E-state index contributed by atoms with van der Waals surface area (Å²) in [5, 5.41) is 14.9. The Balaban J connectivity index is 1.53.